The normalized spacial score (nSPS) is 16.4. The fourth-order valence-corrected chi connectivity index (χ4v) is 2.49. The van der Waals surface area contributed by atoms with E-state index in [1.807, 2.05) is 0 Å². The van der Waals surface area contributed by atoms with E-state index in [1.54, 1.807) is 0 Å². The molecule has 1 atom stereocenters. The molecule has 1 aromatic rings. The summed E-state index contributed by atoms with van der Waals surface area (Å²) in [5.41, 5.74) is 7.22. The third-order valence-corrected chi connectivity index (χ3v) is 3.93. The number of nitrogens with one attached hydrogen (secondary N) is 1. The Bertz CT molecular complexity index is 446. The zero-order valence-electron chi connectivity index (χ0n) is 11.8. The minimum atomic E-state index is 0. The molecule has 0 bridgehead atoms. The molecule has 1 saturated carbocycles. The van der Waals surface area contributed by atoms with Gasteiger partial charge in [0.05, 0.1) is 0 Å². The van der Waals surface area contributed by atoms with Crippen molar-refractivity contribution in [1.29, 1.82) is 0 Å². The molecule has 3 nitrogen and oxygen atoms in total. The van der Waals surface area contributed by atoms with Gasteiger partial charge < -0.3 is 11.1 Å². The van der Waals surface area contributed by atoms with Gasteiger partial charge in [0.25, 0.3) is 0 Å². The first-order valence-corrected chi connectivity index (χ1v) is 7.77. The molecule has 1 fully saturated rings. The first-order chi connectivity index (χ1) is 9.17. The molecule has 0 spiro atoms. The van der Waals surface area contributed by atoms with Crippen molar-refractivity contribution in [2.24, 2.45) is 16.6 Å². The SMILES string of the molecule is CCC(CN=C(N)NC1CC1)Cc1cccc(Br)c1.I. The Labute approximate surface area is 147 Å². The second-order valence-corrected chi connectivity index (χ2v) is 6.17. The number of nitrogens with two attached hydrogens (primary N) is 1. The number of hydrogen-bond acceptors (Lipinski definition) is 1. The molecule has 0 heterocycles. The second kappa shape index (κ2) is 8.87. The third kappa shape index (κ3) is 6.43. The number of nitrogens with zero attached hydrogens (tertiary/aromatic N) is 1. The molecule has 112 valence electrons. The lowest BCUT2D eigenvalue weighted by atomic mass is 9.97. The maximum atomic E-state index is 5.87. The molecular formula is C15H23BrIN3. The van der Waals surface area contributed by atoms with Crippen LogP contribution in [0, 0.1) is 5.92 Å². The molecule has 20 heavy (non-hydrogen) atoms. The van der Waals surface area contributed by atoms with Crippen molar-refractivity contribution in [1.82, 2.24) is 5.32 Å². The lowest BCUT2D eigenvalue weighted by Gasteiger charge is -2.13. The van der Waals surface area contributed by atoms with Gasteiger partial charge in [0, 0.05) is 17.1 Å². The van der Waals surface area contributed by atoms with Gasteiger partial charge in [-0.05, 0) is 42.9 Å². The van der Waals surface area contributed by atoms with E-state index in [0.717, 1.165) is 23.9 Å². The van der Waals surface area contributed by atoms with E-state index in [9.17, 15) is 0 Å². The molecule has 1 aromatic carbocycles. The van der Waals surface area contributed by atoms with Crippen molar-refractivity contribution in [3.8, 4) is 0 Å². The molecule has 2 rings (SSSR count). The van der Waals surface area contributed by atoms with E-state index in [0.29, 0.717) is 17.9 Å². The smallest absolute Gasteiger partial charge is 0.188 e. The summed E-state index contributed by atoms with van der Waals surface area (Å²) in [7, 11) is 0. The fraction of sp³-hybridized carbons (Fsp3) is 0.533. The largest absolute Gasteiger partial charge is 0.370 e. The maximum absolute atomic E-state index is 5.87. The lowest BCUT2D eigenvalue weighted by Crippen LogP contribution is -2.33. The summed E-state index contributed by atoms with van der Waals surface area (Å²) in [4.78, 5) is 4.47. The number of benzene rings is 1. The zero-order valence-corrected chi connectivity index (χ0v) is 15.7. The van der Waals surface area contributed by atoms with E-state index in [2.05, 4.69) is 57.4 Å². The average molecular weight is 452 g/mol. The minimum absolute atomic E-state index is 0. The monoisotopic (exact) mass is 451 g/mol. The predicted molar refractivity (Wildman–Crippen MR) is 99.7 cm³/mol. The third-order valence-electron chi connectivity index (χ3n) is 3.44. The Balaban J connectivity index is 0.00000200. The average Bonchev–Trinajstić information content (AvgIpc) is 3.18. The quantitative estimate of drug-likeness (QED) is 0.393. The van der Waals surface area contributed by atoms with Crippen molar-refractivity contribution in [3.05, 3.63) is 34.3 Å². The Morgan fingerprint density at radius 3 is 2.85 bits per heavy atom. The van der Waals surface area contributed by atoms with Gasteiger partial charge in [-0.2, -0.15) is 0 Å². The highest BCUT2D eigenvalue weighted by Crippen LogP contribution is 2.19. The van der Waals surface area contributed by atoms with Crippen molar-refractivity contribution in [2.45, 2.75) is 38.6 Å². The molecule has 0 amide bonds. The van der Waals surface area contributed by atoms with Crippen LogP contribution in [-0.2, 0) is 6.42 Å². The Morgan fingerprint density at radius 1 is 1.50 bits per heavy atom. The molecule has 1 unspecified atom stereocenters. The van der Waals surface area contributed by atoms with E-state index in [1.165, 1.54) is 18.4 Å². The number of guanidine groups is 1. The molecule has 1 aliphatic rings. The number of hydrogen-bond donors (Lipinski definition) is 2. The summed E-state index contributed by atoms with van der Waals surface area (Å²) in [6, 6.07) is 9.06. The van der Waals surface area contributed by atoms with E-state index < -0.39 is 0 Å². The zero-order chi connectivity index (χ0) is 13.7. The first kappa shape index (κ1) is 17.8. The van der Waals surface area contributed by atoms with E-state index >= 15 is 0 Å². The van der Waals surface area contributed by atoms with Crippen LogP contribution in [0.2, 0.25) is 0 Å². The van der Waals surface area contributed by atoms with Crippen LogP contribution < -0.4 is 11.1 Å². The summed E-state index contributed by atoms with van der Waals surface area (Å²) in [6.07, 6.45) is 4.62. The van der Waals surface area contributed by atoms with Gasteiger partial charge in [-0.25, -0.2) is 0 Å². The topological polar surface area (TPSA) is 50.4 Å². The van der Waals surface area contributed by atoms with Gasteiger partial charge in [0.1, 0.15) is 0 Å². The van der Waals surface area contributed by atoms with Crippen LogP contribution in [0.5, 0.6) is 0 Å². The molecule has 3 N–H and O–H groups in total. The number of aliphatic imine (C=N–C) groups is 1. The second-order valence-electron chi connectivity index (χ2n) is 5.25. The van der Waals surface area contributed by atoms with Gasteiger partial charge in [-0.1, -0.05) is 41.4 Å². The molecule has 0 aliphatic heterocycles. The van der Waals surface area contributed by atoms with Crippen molar-refractivity contribution in [2.75, 3.05) is 6.54 Å². The highest BCUT2D eigenvalue weighted by Gasteiger charge is 2.21. The summed E-state index contributed by atoms with van der Waals surface area (Å²) in [5.74, 6) is 1.16. The summed E-state index contributed by atoms with van der Waals surface area (Å²) in [5, 5.41) is 3.23. The van der Waals surface area contributed by atoms with Gasteiger partial charge in [0.15, 0.2) is 5.96 Å². The van der Waals surface area contributed by atoms with Gasteiger partial charge in [-0.3, -0.25) is 4.99 Å². The summed E-state index contributed by atoms with van der Waals surface area (Å²) in [6.45, 7) is 3.01. The van der Waals surface area contributed by atoms with Crippen LogP contribution >= 0.6 is 39.9 Å². The van der Waals surface area contributed by atoms with Gasteiger partial charge >= 0.3 is 0 Å². The van der Waals surface area contributed by atoms with Crippen molar-refractivity contribution < 1.29 is 0 Å². The summed E-state index contributed by atoms with van der Waals surface area (Å²) < 4.78 is 1.14. The Kier molecular flexibility index (Phi) is 7.87. The van der Waals surface area contributed by atoms with Crippen LogP contribution in [0.1, 0.15) is 31.7 Å². The minimum Gasteiger partial charge on any atom is -0.370 e. The standard InChI is InChI=1S/C15H22BrN3.HI/c1-2-11(8-12-4-3-5-13(16)9-12)10-18-15(17)19-14-6-7-14;/h3-5,9,11,14H,2,6-8,10H2,1H3,(H3,17,18,19);1H. The van der Waals surface area contributed by atoms with E-state index in [4.69, 9.17) is 5.73 Å². The van der Waals surface area contributed by atoms with Crippen LogP contribution in [0.15, 0.2) is 33.7 Å². The molecule has 1 aliphatic carbocycles. The molecule has 5 heteroatoms. The predicted octanol–water partition coefficient (Wildman–Crippen LogP) is 3.70. The molecule has 0 aromatic heterocycles. The van der Waals surface area contributed by atoms with Crippen LogP contribution in [0.25, 0.3) is 0 Å². The van der Waals surface area contributed by atoms with Crippen LogP contribution in [-0.4, -0.2) is 18.5 Å². The Morgan fingerprint density at radius 2 is 2.25 bits per heavy atom. The van der Waals surface area contributed by atoms with Gasteiger partial charge in [0.2, 0.25) is 0 Å². The summed E-state index contributed by atoms with van der Waals surface area (Å²) >= 11 is 3.51. The van der Waals surface area contributed by atoms with Crippen molar-refractivity contribution >= 4 is 45.9 Å². The maximum Gasteiger partial charge on any atom is 0.188 e. The molecule has 0 saturated heterocycles. The van der Waals surface area contributed by atoms with Gasteiger partial charge in [-0.15, -0.1) is 24.0 Å². The lowest BCUT2D eigenvalue weighted by molar-refractivity contribution is 0.518. The number of rotatable bonds is 6. The van der Waals surface area contributed by atoms with E-state index in [-0.39, 0.29) is 24.0 Å². The van der Waals surface area contributed by atoms with Crippen molar-refractivity contribution in [3.63, 3.8) is 0 Å². The number of halogens is 2. The first-order valence-electron chi connectivity index (χ1n) is 6.98. The molecular weight excluding hydrogens is 429 g/mol. The fourth-order valence-electron chi connectivity index (χ4n) is 2.05. The van der Waals surface area contributed by atoms with Crippen LogP contribution in [0.4, 0.5) is 0 Å². The Hall–Kier alpha value is -0.300. The van der Waals surface area contributed by atoms with Crippen LogP contribution in [0.3, 0.4) is 0 Å². The molecule has 0 radical (unpaired) electrons. The highest BCUT2D eigenvalue weighted by molar-refractivity contribution is 14.0. The highest BCUT2D eigenvalue weighted by atomic mass is 127.